The fourth-order valence-electron chi connectivity index (χ4n) is 0. The summed E-state index contributed by atoms with van der Waals surface area (Å²) in [4.78, 5) is 0. The van der Waals surface area contributed by atoms with E-state index in [2.05, 4.69) is 0 Å². The Morgan fingerprint density at radius 1 is 0.429 bits per heavy atom. The molecule has 0 spiro atoms. The molecular formula is EuI5Sr. The van der Waals surface area contributed by atoms with Gasteiger partial charge in [0.1, 0.15) is 0 Å². The van der Waals surface area contributed by atoms with Gasteiger partial charge in [0.25, 0.3) is 0 Å². The van der Waals surface area contributed by atoms with Crippen LogP contribution in [0.4, 0.5) is 0 Å². The Bertz CT molecular complexity index is 8.04. The van der Waals surface area contributed by atoms with Crippen molar-refractivity contribution >= 4 is 45.5 Å². The van der Waals surface area contributed by atoms with Crippen LogP contribution in [0.2, 0.25) is 0 Å². The summed E-state index contributed by atoms with van der Waals surface area (Å²) >= 11 is 0. The van der Waals surface area contributed by atoms with E-state index >= 15 is 0 Å². The topological polar surface area (TPSA) is 0 Å². The van der Waals surface area contributed by atoms with Crippen LogP contribution in [0.25, 0.3) is 0 Å². The van der Waals surface area contributed by atoms with Crippen molar-refractivity contribution < 1.29 is 169 Å². The number of halogens is 5. The predicted octanol–water partition coefficient (Wildman–Crippen LogP) is -15.4. The van der Waals surface area contributed by atoms with Crippen LogP contribution in [0.15, 0.2) is 0 Å². The molecule has 7 heteroatoms. The molecule has 0 aliphatic heterocycles. The molecule has 0 aromatic rings. The minimum Gasteiger partial charge on any atom is -1.00 e. The van der Waals surface area contributed by atoms with Crippen LogP contribution < -0.4 is 120 Å². The Labute approximate surface area is 208 Å². The first-order chi connectivity index (χ1) is 0. The summed E-state index contributed by atoms with van der Waals surface area (Å²) in [6.07, 6.45) is 0. The molecule has 7 heavy (non-hydrogen) atoms. The summed E-state index contributed by atoms with van der Waals surface area (Å²) in [5, 5.41) is 0. The third-order valence-electron chi connectivity index (χ3n) is 0. The van der Waals surface area contributed by atoms with E-state index in [1.54, 1.807) is 0 Å². The second-order valence-corrected chi connectivity index (χ2v) is 0. The van der Waals surface area contributed by atoms with Gasteiger partial charge in [0.2, 0.25) is 0 Å². The number of rotatable bonds is 0. The molecule has 0 atom stereocenters. The molecule has 0 nitrogen and oxygen atoms in total. The SMILES string of the molecule is [Eu+3].[I-].[I-].[I-].[I-].[I-].[Sr+2]. The monoisotopic (exact) mass is 875 g/mol. The zero-order valence-electron chi connectivity index (χ0n) is 2.97. The van der Waals surface area contributed by atoms with E-state index in [0.29, 0.717) is 0 Å². The van der Waals surface area contributed by atoms with Gasteiger partial charge in [-0.3, -0.25) is 0 Å². The van der Waals surface area contributed by atoms with E-state index in [-0.39, 0.29) is 215 Å². The average Bonchev–Trinajstić information content (AvgIpc) is 0. The maximum Gasteiger partial charge on any atom is 3.00 e. The second-order valence-electron chi connectivity index (χ2n) is 0. The summed E-state index contributed by atoms with van der Waals surface area (Å²) < 4.78 is 0. The molecular weight excluding hydrogens is 874 g/mol. The molecule has 0 aliphatic rings. The summed E-state index contributed by atoms with van der Waals surface area (Å²) in [5.41, 5.74) is 0. The Morgan fingerprint density at radius 2 is 0.429 bits per heavy atom. The fourth-order valence-corrected chi connectivity index (χ4v) is 0. The molecule has 0 aromatic heterocycles. The first kappa shape index (κ1) is 49.2. The maximum atomic E-state index is 0. The van der Waals surface area contributed by atoms with Gasteiger partial charge in [-0.1, -0.05) is 0 Å². The van der Waals surface area contributed by atoms with Crippen molar-refractivity contribution in [3.8, 4) is 0 Å². The molecule has 0 saturated carbocycles. The summed E-state index contributed by atoms with van der Waals surface area (Å²) in [6.45, 7) is 0. The molecule has 44 valence electrons. The molecule has 0 saturated heterocycles. The summed E-state index contributed by atoms with van der Waals surface area (Å²) in [5.74, 6) is 0. The van der Waals surface area contributed by atoms with E-state index in [1.165, 1.54) is 0 Å². The van der Waals surface area contributed by atoms with Crippen LogP contribution >= 0.6 is 0 Å². The van der Waals surface area contributed by atoms with Crippen LogP contribution in [0.5, 0.6) is 0 Å². The Morgan fingerprint density at radius 3 is 0.429 bits per heavy atom. The first-order valence-corrected chi connectivity index (χ1v) is 0. The van der Waals surface area contributed by atoms with Gasteiger partial charge in [-0.25, -0.2) is 0 Å². The van der Waals surface area contributed by atoms with Gasteiger partial charge < -0.3 is 120 Å². The van der Waals surface area contributed by atoms with Crippen LogP contribution in [0.1, 0.15) is 0 Å². The van der Waals surface area contributed by atoms with Crippen molar-refractivity contribution in [3.63, 3.8) is 0 Å². The van der Waals surface area contributed by atoms with Crippen molar-refractivity contribution in [2.45, 2.75) is 0 Å². The molecule has 0 amide bonds. The first-order valence-electron chi connectivity index (χ1n) is 0. The molecule has 0 N–H and O–H groups in total. The Kier molecular flexibility index (Phi) is 272. The number of hydrogen-bond acceptors (Lipinski definition) is 0. The summed E-state index contributed by atoms with van der Waals surface area (Å²) in [7, 11) is 0. The minimum atomic E-state index is 0. The maximum absolute atomic E-state index is 0. The van der Waals surface area contributed by atoms with E-state index in [1.807, 2.05) is 0 Å². The van der Waals surface area contributed by atoms with Crippen LogP contribution in [0, 0.1) is 49.4 Å². The third kappa shape index (κ3) is 32.4. The normalized spacial score (nSPS) is 0. The Hall–Kier alpha value is 6.71. The van der Waals surface area contributed by atoms with Gasteiger partial charge in [-0.05, 0) is 0 Å². The second kappa shape index (κ2) is 38.7. The fraction of sp³-hybridized carbons (Fsp3) is 0. The van der Waals surface area contributed by atoms with Gasteiger partial charge in [-0.2, -0.15) is 0 Å². The molecule has 0 unspecified atom stereocenters. The van der Waals surface area contributed by atoms with E-state index in [9.17, 15) is 0 Å². The average molecular weight is 874 g/mol. The minimum absolute atomic E-state index is 0. The third-order valence-corrected chi connectivity index (χ3v) is 0. The summed E-state index contributed by atoms with van der Waals surface area (Å²) in [6, 6.07) is 0. The molecule has 0 heterocycles. The van der Waals surface area contributed by atoms with Crippen molar-refractivity contribution in [1.29, 1.82) is 0 Å². The molecule has 0 rings (SSSR count). The van der Waals surface area contributed by atoms with Crippen molar-refractivity contribution in [2.75, 3.05) is 0 Å². The zero-order valence-corrected chi connectivity index (χ0v) is 19.7. The predicted molar refractivity (Wildman–Crippen MR) is 5.75 cm³/mol. The van der Waals surface area contributed by atoms with E-state index in [4.69, 9.17) is 0 Å². The molecule has 0 bridgehead atoms. The standard InChI is InChI=1S/Eu.5HI.Sr/h;5*1H;/q+3;;;;;;+2/p-5. The van der Waals surface area contributed by atoms with Crippen LogP contribution in [0.3, 0.4) is 0 Å². The van der Waals surface area contributed by atoms with E-state index < -0.39 is 0 Å². The van der Waals surface area contributed by atoms with Crippen LogP contribution in [-0.4, -0.2) is 45.5 Å². The van der Waals surface area contributed by atoms with Crippen LogP contribution in [-0.2, 0) is 0 Å². The van der Waals surface area contributed by atoms with Gasteiger partial charge in [0.15, 0.2) is 0 Å². The van der Waals surface area contributed by atoms with Gasteiger partial charge in [0, 0.05) is 0 Å². The van der Waals surface area contributed by atoms with Gasteiger partial charge >= 0.3 is 94.9 Å². The largest absolute Gasteiger partial charge is 3.00 e. The van der Waals surface area contributed by atoms with Crippen molar-refractivity contribution in [1.82, 2.24) is 0 Å². The van der Waals surface area contributed by atoms with Gasteiger partial charge in [-0.15, -0.1) is 0 Å². The van der Waals surface area contributed by atoms with E-state index in [0.717, 1.165) is 0 Å². The van der Waals surface area contributed by atoms with Crippen molar-refractivity contribution in [3.05, 3.63) is 0 Å². The molecule has 0 aromatic carbocycles. The Balaban J connectivity index is 0. The van der Waals surface area contributed by atoms with Gasteiger partial charge in [0.05, 0.1) is 0 Å². The molecule has 0 fully saturated rings. The van der Waals surface area contributed by atoms with Crippen molar-refractivity contribution in [2.24, 2.45) is 0 Å². The smallest absolute Gasteiger partial charge is 1.00 e. The zero-order chi connectivity index (χ0) is 0. The number of hydrogen-bond donors (Lipinski definition) is 0. The molecule has 0 radical (unpaired) electrons. The quantitative estimate of drug-likeness (QED) is 0.168. The molecule has 0 aliphatic carbocycles.